The van der Waals surface area contributed by atoms with Crippen molar-refractivity contribution in [1.29, 1.82) is 0 Å². The first-order valence-electron chi connectivity index (χ1n) is 9.96. The first kappa shape index (κ1) is 20.1. The molecule has 0 fully saturated rings. The number of hydrogen-bond acceptors (Lipinski definition) is 2. The zero-order valence-electron chi connectivity index (χ0n) is 16.3. The van der Waals surface area contributed by atoms with Gasteiger partial charge in [0, 0.05) is 29.1 Å². The van der Waals surface area contributed by atoms with Gasteiger partial charge in [-0.3, -0.25) is 9.59 Å². The third-order valence-electron chi connectivity index (χ3n) is 5.67. The van der Waals surface area contributed by atoms with Crippen molar-refractivity contribution in [2.24, 2.45) is 0 Å². The van der Waals surface area contributed by atoms with E-state index in [1.807, 2.05) is 0 Å². The molecule has 156 valence electrons. The van der Waals surface area contributed by atoms with E-state index in [4.69, 9.17) is 0 Å². The fourth-order valence-corrected chi connectivity index (χ4v) is 4.31. The molecule has 1 aliphatic rings. The fraction of sp³-hybridized carbons (Fsp3) is 0.304. The lowest BCUT2D eigenvalue weighted by atomic mass is 9.91. The van der Waals surface area contributed by atoms with Gasteiger partial charge >= 0.3 is 5.97 Å². The summed E-state index contributed by atoms with van der Waals surface area (Å²) in [7, 11) is 0. The lowest BCUT2D eigenvalue weighted by Gasteiger charge is -2.25. The third-order valence-corrected chi connectivity index (χ3v) is 5.67. The number of nitrogens with zero attached hydrogens (tertiary/aromatic N) is 1. The molecular weight excluding hydrogens is 390 g/mol. The van der Waals surface area contributed by atoms with Crippen molar-refractivity contribution in [1.82, 2.24) is 9.88 Å². The van der Waals surface area contributed by atoms with E-state index in [1.54, 1.807) is 28.8 Å². The van der Waals surface area contributed by atoms with Crippen LogP contribution in [0.3, 0.4) is 0 Å². The van der Waals surface area contributed by atoms with Crippen LogP contribution in [-0.4, -0.2) is 27.6 Å². The number of carbonyl (C=O) groups excluding carboxylic acids is 1. The van der Waals surface area contributed by atoms with Gasteiger partial charge in [0.25, 0.3) is 0 Å². The summed E-state index contributed by atoms with van der Waals surface area (Å²) in [6.45, 7) is -0.183. The molecule has 1 amide bonds. The Morgan fingerprint density at radius 2 is 1.97 bits per heavy atom. The fourth-order valence-electron chi connectivity index (χ4n) is 4.31. The van der Waals surface area contributed by atoms with Gasteiger partial charge in [0.05, 0.1) is 0 Å². The molecule has 0 saturated heterocycles. The van der Waals surface area contributed by atoms with Crippen LogP contribution in [0.5, 0.6) is 0 Å². The number of hydrogen-bond donors (Lipinski definition) is 2. The summed E-state index contributed by atoms with van der Waals surface area (Å²) in [6.07, 6.45) is 2.26. The van der Waals surface area contributed by atoms with Crippen LogP contribution < -0.4 is 5.32 Å². The van der Waals surface area contributed by atoms with Crippen molar-refractivity contribution in [3.05, 3.63) is 70.9 Å². The van der Waals surface area contributed by atoms with Crippen LogP contribution in [-0.2, 0) is 35.4 Å². The molecule has 1 atom stereocenters. The van der Waals surface area contributed by atoms with Crippen LogP contribution >= 0.6 is 0 Å². The Hall–Kier alpha value is -3.22. The molecule has 4 rings (SSSR count). The number of aliphatic carboxylic acids is 1. The molecule has 5 nitrogen and oxygen atoms in total. The largest absolute Gasteiger partial charge is 0.480 e. The van der Waals surface area contributed by atoms with Crippen LogP contribution in [0.15, 0.2) is 42.5 Å². The number of amides is 1. The Morgan fingerprint density at radius 3 is 2.73 bits per heavy atom. The molecule has 0 spiro atoms. The van der Waals surface area contributed by atoms with E-state index < -0.39 is 5.97 Å². The first-order valence-corrected chi connectivity index (χ1v) is 9.96. The Morgan fingerprint density at radius 1 is 1.17 bits per heavy atom. The first-order chi connectivity index (χ1) is 14.4. The summed E-state index contributed by atoms with van der Waals surface area (Å²) in [5, 5.41) is 13.0. The molecule has 7 heteroatoms. The van der Waals surface area contributed by atoms with Crippen molar-refractivity contribution in [3.63, 3.8) is 0 Å². The van der Waals surface area contributed by atoms with E-state index in [0.717, 1.165) is 11.3 Å². The molecule has 2 aromatic carbocycles. The number of carbonyl (C=O) groups is 2. The molecule has 0 saturated carbocycles. The summed E-state index contributed by atoms with van der Waals surface area (Å²) >= 11 is 0. The van der Waals surface area contributed by atoms with Gasteiger partial charge in [0.15, 0.2) is 0 Å². The summed E-state index contributed by atoms with van der Waals surface area (Å²) in [5.41, 5.74) is 2.97. The normalized spacial score (nSPS) is 15.7. The molecule has 1 aliphatic carbocycles. The lowest BCUT2D eigenvalue weighted by molar-refractivity contribution is -0.137. The molecule has 0 unspecified atom stereocenters. The molecular formula is C23H22F2N2O3. The van der Waals surface area contributed by atoms with Crippen molar-refractivity contribution in [2.45, 2.75) is 44.7 Å². The highest BCUT2D eigenvalue weighted by Gasteiger charge is 2.27. The molecule has 2 N–H and O–H groups in total. The van der Waals surface area contributed by atoms with Gasteiger partial charge in [0.1, 0.15) is 18.2 Å². The maximum atomic E-state index is 13.9. The highest BCUT2D eigenvalue weighted by molar-refractivity contribution is 5.87. The summed E-state index contributed by atoms with van der Waals surface area (Å²) < 4.78 is 29.3. The highest BCUT2D eigenvalue weighted by Crippen LogP contribution is 2.33. The van der Waals surface area contributed by atoms with Crippen LogP contribution in [0.1, 0.15) is 29.7 Å². The number of aryl methyl sites for hydroxylation is 1. The van der Waals surface area contributed by atoms with Crippen LogP contribution in [0.4, 0.5) is 8.78 Å². The molecule has 3 aromatic rings. The van der Waals surface area contributed by atoms with Gasteiger partial charge in [-0.15, -0.1) is 0 Å². The smallest absolute Gasteiger partial charge is 0.323 e. The molecule has 1 heterocycles. The van der Waals surface area contributed by atoms with E-state index >= 15 is 0 Å². The predicted octanol–water partition coefficient (Wildman–Crippen LogP) is 3.61. The molecule has 0 aliphatic heterocycles. The van der Waals surface area contributed by atoms with Gasteiger partial charge < -0.3 is 15.0 Å². The van der Waals surface area contributed by atoms with Crippen molar-refractivity contribution in [3.8, 4) is 0 Å². The third kappa shape index (κ3) is 4.06. The lowest BCUT2D eigenvalue weighted by Crippen LogP contribution is -2.39. The van der Waals surface area contributed by atoms with Gasteiger partial charge in [-0.05, 0) is 61.1 Å². The molecule has 1 aromatic heterocycles. The van der Waals surface area contributed by atoms with E-state index in [2.05, 4.69) is 5.32 Å². The second-order valence-corrected chi connectivity index (χ2v) is 7.67. The number of rotatable bonds is 6. The van der Waals surface area contributed by atoms with Gasteiger partial charge in [-0.1, -0.05) is 18.2 Å². The zero-order chi connectivity index (χ0) is 21.3. The Balaban J connectivity index is 1.50. The van der Waals surface area contributed by atoms with Gasteiger partial charge in [-0.25, -0.2) is 8.78 Å². The summed E-state index contributed by atoms with van der Waals surface area (Å²) in [5.74, 6) is -1.82. The quantitative estimate of drug-likeness (QED) is 0.650. The van der Waals surface area contributed by atoms with E-state index in [9.17, 15) is 23.5 Å². The standard InChI is InChI=1S/C23H22F2N2O3/c24-15-6-8-20-17(11-15)18-12-16(7-9-21(18)27(20)13-23(29)30)26-22(28)10-5-14-3-1-2-4-19(14)25/h1-4,6,8,11,16H,5,7,9-10,12-13H2,(H,26,28)(H,29,30)/t16-/m0/s1. The van der Waals surface area contributed by atoms with E-state index in [1.165, 1.54) is 18.2 Å². The minimum absolute atomic E-state index is 0.127. The monoisotopic (exact) mass is 412 g/mol. The molecule has 0 bridgehead atoms. The number of halogens is 2. The predicted molar refractivity (Wildman–Crippen MR) is 108 cm³/mol. The Kier molecular flexibility index (Phi) is 5.53. The van der Waals surface area contributed by atoms with E-state index in [-0.39, 0.29) is 36.5 Å². The number of fused-ring (bicyclic) bond motifs is 3. The van der Waals surface area contributed by atoms with Crippen molar-refractivity contribution < 1.29 is 23.5 Å². The molecule has 0 radical (unpaired) electrons. The minimum atomic E-state index is -0.956. The van der Waals surface area contributed by atoms with E-state index in [0.29, 0.717) is 42.1 Å². The van der Waals surface area contributed by atoms with Crippen LogP contribution in [0, 0.1) is 11.6 Å². The average Bonchev–Trinajstić information content (AvgIpc) is 2.99. The second kappa shape index (κ2) is 8.26. The Bertz CT molecular complexity index is 1120. The maximum absolute atomic E-state index is 13.9. The van der Waals surface area contributed by atoms with Gasteiger partial charge in [0.2, 0.25) is 5.91 Å². The zero-order valence-corrected chi connectivity index (χ0v) is 16.3. The molecule has 30 heavy (non-hydrogen) atoms. The average molecular weight is 412 g/mol. The van der Waals surface area contributed by atoms with Crippen molar-refractivity contribution >= 4 is 22.8 Å². The second-order valence-electron chi connectivity index (χ2n) is 7.67. The number of nitrogens with one attached hydrogen (secondary N) is 1. The highest BCUT2D eigenvalue weighted by atomic mass is 19.1. The number of benzene rings is 2. The Labute approximate surface area is 172 Å². The maximum Gasteiger partial charge on any atom is 0.323 e. The van der Waals surface area contributed by atoms with Crippen LogP contribution in [0.25, 0.3) is 10.9 Å². The number of aromatic nitrogens is 1. The topological polar surface area (TPSA) is 71.3 Å². The SMILES string of the molecule is O=C(O)Cn1c2c(c3cc(F)ccc31)C[C@@H](NC(=O)CCc1ccccc1F)CC2. The number of carboxylic acid groups (broad SMARTS) is 1. The van der Waals surface area contributed by atoms with Crippen molar-refractivity contribution in [2.75, 3.05) is 0 Å². The van der Waals surface area contributed by atoms with Gasteiger partial charge in [-0.2, -0.15) is 0 Å². The summed E-state index contributed by atoms with van der Waals surface area (Å²) in [6, 6.07) is 10.6. The number of carboxylic acids is 1. The minimum Gasteiger partial charge on any atom is -0.480 e. The summed E-state index contributed by atoms with van der Waals surface area (Å²) in [4.78, 5) is 23.7. The van der Waals surface area contributed by atoms with Crippen LogP contribution in [0.2, 0.25) is 0 Å².